The number of fused-ring (bicyclic) bond motifs is 3. The number of hydrogen-bond donors (Lipinski definition) is 2. The van der Waals surface area contributed by atoms with Crippen molar-refractivity contribution in [2.45, 2.75) is 84.2 Å². The van der Waals surface area contributed by atoms with Crippen molar-refractivity contribution in [1.29, 1.82) is 0 Å². The van der Waals surface area contributed by atoms with E-state index in [4.69, 9.17) is 13.9 Å². The Labute approximate surface area is 215 Å². The van der Waals surface area contributed by atoms with Crippen molar-refractivity contribution in [2.24, 2.45) is 27.6 Å². The van der Waals surface area contributed by atoms with Gasteiger partial charge in [0.2, 0.25) is 5.78 Å². The van der Waals surface area contributed by atoms with Crippen LogP contribution in [0.1, 0.15) is 65.9 Å². The van der Waals surface area contributed by atoms with Crippen LogP contribution in [0.5, 0.6) is 0 Å². The molecule has 0 bridgehead atoms. The number of aliphatic hydroxyl groups excluding tert-OH is 2. The maximum Gasteiger partial charge on any atom is 0.305 e. The average molecular weight is 511 g/mol. The molecule has 3 fully saturated rings. The first-order valence-corrected chi connectivity index (χ1v) is 13.0. The molecule has 0 unspecified atom stereocenters. The summed E-state index contributed by atoms with van der Waals surface area (Å²) in [4.78, 5) is 40.0. The number of furan rings is 1. The number of rotatable bonds is 3. The molecule has 1 aromatic rings. The average Bonchev–Trinajstić information content (AvgIpc) is 3.20. The zero-order valence-electron chi connectivity index (χ0n) is 22.0. The third-order valence-electron chi connectivity index (χ3n) is 10.8. The van der Waals surface area contributed by atoms with Crippen LogP contribution in [0.15, 0.2) is 46.5 Å². The summed E-state index contributed by atoms with van der Waals surface area (Å²) in [6.07, 6.45) is 4.45. The number of esters is 1. The van der Waals surface area contributed by atoms with Crippen LogP contribution in [-0.2, 0) is 23.9 Å². The van der Waals surface area contributed by atoms with Gasteiger partial charge in [0.05, 0.1) is 35.6 Å². The van der Waals surface area contributed by atoms with Crippen molar-refractivity contribution in [2.75, 3.05) is 0 Å². The van der Waals surface area contributed by atoms with E-state index in [0.717, 1.165) is 5.56 Å². The molecule has 1 saturated heterocycles. The second-order valence-corrected chi connectivity index (χ2v) is 12.6. The first-order chi connectivity index (χ1) is 17.2. The zero-order chi connectivity index (χ0) is 26.9. The SMILES string of the molecule is CCC(=O)O[C@H]1[C@H](O)[C@@H]2[C@@]3(C)C=CC(=O)C(C)(C)C3=C(O)C(=O)[C@@]2(C)[C@@]23O[C@@H]2C[C@@H](c2ccoc2)[C@]13C. The molecule has 0 amide bonds. The topological polar surface area (TPSA) is 127 Å². The number of carbonyl (C=O) groups is 3. The second-order valence-electron chi connectivity index (χ2n) is 12.6. The lowest BCUT2D eigenvalue weighted by Crippen LogP contribution is -2.75. The van der Waals surface area contributed by atoms with Gasteiger partial charge in [-0.15, -0.1) is 0 Å². The minimum absolute atomic E-state index is 0.123. The van der Waals surface area contributed by atoms with E-state index in [9.17, 15) is 24.6 Å². The lowest BCUT2D eigenvalue weighted by Gasteiger charge is -2.65. The molecular formula is C29H34O8. The zero-order valence-corrected chi connectivity index (χ0v) is 22.0. The summed E-state index contributed by atoms with van der Waals surface area (Å²) in [5, 5.41) is 23.8. The predicted octanol–water partition coefficient (Wildman–Crippen LogP) is 3.80. The summed E-state index contributed by atoms with van der Waals surface area (Å²) < 4.78 is 17.9. The molecule has 1 aliphatic heterocycles. The first kappa shape index (κ1) is 24.6. The van der Waals surface area contributed by atoms with Crippen molar-refractivity contribution in [3.05, 3.63) is 47.6 Å². The molecule has 2 heterocycles. The lowest BCUT2D eigenvalue weighted by molar-refractivity contribution is -0.241. The van der Waals surface area contributed by atoms with Crippen LogP contribution in [0, 0.1) is 27.6 Å². The number of allylic oxidation sites excluding steroid dienone is 4. The third kappa shape index (κ3) is 2.45. The van der Waals surface area contributed by atoms with Crippen molar-refractivity contribution in [3.8, 4) is 0 Å². The van der Waals surface area contributed by atoms with Gasteiger partial charge in [-0.05, 0) is 50.5 Å². The summed E-state index contributed by atoms with van der Waals surface area (Å²) in [5.74, 6) is -2.70. The molecule has 198 valence electrons. The minimum atomic E-state index is -1.36. The van der Waals surface area contributed by atoms with Crippen LogP contribution in [0.2, 0.25) is 0 Å². The Morgan fingerprint density at radius 1 is 1.19 bits per heavy atom. The molecular weight excluding hydrogens is 476 g/mol. The minimum Gasteiger partial charge on any atom is -0.504 e. The monoisotopic (exact) mass is 510 g/mol. The predicted molar refractivity (Wildman–Crippen MR) is 130 cm³/mol. The third-order valence-corrected chi connectivity index (χ3v) is 10.8. The number of hydrogen-bond acceptors (Lipinski definition) is 8. The largest absolute Gasteiger partial charge is 0.504 e. The van der Waals surface area contributed by atoms with Gasteiger partial charge >= 0.3 is 5.97 Å². The Morgan fingerprint density at radius 2 is 1.89 bits per heavy atom. The molecule has 2 N–H and O–H groups in total. The van der Waals surface area contributed by atoms with Gasteiger partial charge in [-0.1, -0.05) is 26.8 Å². The van der Waals surface area contributed by atoms with Crippen molar-refractivity contribution < 1.29 is 38.5 Å². The van der Waals surface area contributed by atoms with E-state index in [1.807, 2.05) is 19.9 Å². The second kappa shape index (κ2) is 7.03. The van der Waals surface area contributed by atoms with Crippen molar-refractivity contribution in [1.82, 2.24) is 0 Å². The quantitative estimate of drug-likeness (QED) is 0.465. The van der Waals surface area contributed by atoms with Gasteiger partial charge in [0, 0.05) is 29.1 Å². The smallest absolute Gasteiger partial charge is 0.305 e. The van der Waals surface area contributed by atoms with Crippen LogP contribution < -0.4 is 0 Å². The summed E-state index contributed by atoms with van der Waals surface area (Å²) in [6.45, 7) is 10.6. The Balaban J connectivity index is 1.64. The number of aliphatic hydroxyl groups is 2. The first-order valence-electron chi connectivity index (χ1n) is 13.0. The highest BCUT2D eigenvalue weighted by Crippen LogP contribution is 2.81. The Hall–Kier alpha value is -2.71. The van der Waals surface area contributed by atoms with Gasteiger partial charge in [0.15, 0.2) is 11.5 Å². The summed E-state index contributed by atoms with van der Waals surface area (Å²) in [7, 11) is 0. The number of epoxide rings is 1. The molecule has 37 heavy (non-hydrogen) atoms. The molecule has 1 aromatic heterocycles. The fourth-order valence-corrected chi connectivity index (χ4v) is 9.27. The van der Waals surface area contributed by atoms with Gasteiger partial charge in [-0.3, -0.25) is 14.4 Å². The Kier molecular flexibility index (Phi) is 4.67. The highest BCUT2D eigenvalue weighted by Gasteiger charge is 2.91. The van der Waals surface area contributed by atoms with E-state index in [1.54, 1.807) is 46.3 Å². The fourth-order valence-electron chi connectivity index (χ4n) is 9.27. The molecule has 6 rings (SSSR count). The van der Waals surface area contributed by atoms with Crippen LogP contribution in [-0.4, -0.2) is 51.7 Å². The van der Waals surface area contributed by atoms with Crippen LogP contribution in [0.4, 0.5) is 0 Å². The molecule has 9 atom stereocenters. The Morgan fingerprint density at radius 3 is 2.51 bits per heavy atom. The summed E-state index contributed by atoms with van der Waals surface area (Å²) >= 11 is 0. The van der Waals surface area contributed by atoms with E-state index in [-0.39, 0.29) is 24.2 Å². The highest BCUT2D eigenvalue weighted by molar-refractivity contribution is 6.06. The maximum absolute atomic E-state index is 14.4. The lowest BCUT2D eigenvalue weighted by atomic mass is 9.38. The van der Waals surface area contributed by atoms with E-state index in [1.165, 1.54) is 6.08 Å². The Bertz CT molecular complexity index is 1290. The molecule has 8 heteroatoms. The van der Waals surface area contributed by atoms with Gasteiger partial charge in [0.1, 0.15) is 11.7 Å². The van der Waals surface area contributed by atoms with Gasteiger partial charge in [-0.25, -0.2) is 0 Å². The van der Waals surface area contributed by atoms with E-state index in [0.29, 0.717) is 12.0 Å². The normalized spacial score (nSPS) is 47.2. The van der Waals surface area contributed by atoms with Gasteiger partial charge in [-0.2, -0.15) is 0 Å². The summed E-state index contributed by atoms with van der Waals surface area (Å²) in [5.41, 5.74) is -4.51. The van der Waals surface area contributed by atoms with E-state index < -0.39 is 62.9 Å². The molecule has 5 aliphatic rings. The highest BCUT2D eigenvalue weighted by atomic mass is 16.6. The molecule has 0 aromatic carbocycles. The number of Topliss-reactive ketones (excluding diaryl/α,β-unsaturated/α-hetero) is 1. The van der Waals surface area contributed by atoms with Crippen LogP contribution in [0.3, 0.4) is 0 Å². The molecule has 2 saturated carbocycles. The fraction of sp³-hybridized carbons (Fsp3) is 0.621. The standard InChI is InChI=1S/C29H34O8/c1-7-18(31)36-24-20(33)22-26(4)10-8-16(30)25(2,3)21(26)19(32)23(34)28(22,6)29-17(37-29)12-15(27(24,29)5)14-9-11-35-13-14/h8-11,13,15,17,20,22,24,32-33H,7,12H2,1-6H3/t15-,17+,20+,22+,24-,26-,27+,28-,29+/m0/s1. The molecule has 4 aliphatic carbocycles. The number of ether oxygens (including phenoxy) is 2. The van der Waals surface area contributed by atoms with Crippen molar-refractivity contribution >= 4 is 17.5 Å². The maximum atomic E-state index is 14.4. The van der Waals surface area contributed by atoms with Gasteiger partial charge in [0.25, 0.3) is 0 Å². The van der Waals surface area contributed by atoms with E-state index in [2.05, 4.69) is 0 Å². The van der Waals surface area contributed by atoms with Crippen molar-refractivity contribution in [3.63, 3.8) is 0 Å². The molecule has 0 radical (unpaired) electrons. The van der Waals surface area contributed by atoms with E-state index >= 15 is 0 Å². The molecule has 8 nitrogen and oxygen atoms in total. The van der Waals surface area contributed by atoms with Gasteiger partial charge < -0.3 is 24.1 Å². The summed E-state index contributed by atoms with van der Waals surface area (Å²) in [6, 6.07) is 1.85. The molecule has 1 spiro atoms. The van der Waals surface area contributed by atoms with Crippen LogP contribution in [0.25, 0.3) is 0 Å². The van der Waals surface area contributed by atoms with Crippen LogP contribution >= 0.6 is 0 Å². The number of ketones is 2. The number of carbonyl (C=O) groups excluding carboxylic acids is 3.